The normalized spacial score (nSPS) is 10.2. The number of amides is 2. The minimum Gasteiger partial charge on any atom is -0.457 e. The van der Waals surface area contributed by atoms with Gasteiger partial charge in [-0.2, -0.15) is 0 Å². The number of aromatic nitrogens is 1. The molecule has 0 saturated heterocycles. The van der Waals surface area contributed by atoms with Crippen molar-refractivity contribution in [2.45, 2.75) is 0 Å². The van der Waals surface area contributed by atoms with Crippen LogP contribution in [0.5, 0.6) is 11.5 Å². The number of urea groups is 1. The summed E-state index contributed by atoms with van der Waals surface area (Å²) >= 11 is 0. The predicted octanol–water partition coefficient (Wildman–Crippen LogP) is 4.17. The second kappa shape index (κ2) is 6.78. The van der Waals surface area contributed by atoms with Gasteiger partial charge in [0.1, 0.15) is 23.1 Å². The number of carbonyl (C=O) groups excluding carboxylic acids is 1. The fraction of sp³-hybridized carbons (Fsp3) is 0. The minimum absolute atomic E-state index is 0.320. The van der Waals surface area contributed by atoms with Crippen molar-refractivity contribution >= 4 is 11.8 Å². The van der Waals surface area contributed by atoms with Crippen molar-refractivity contribution in [3.63, 3.8) is 0 Å². The topological polar surface area (TPSA) is 77.2 Å². The number of nitrogens with two attached hydrogens (primary N) is 1. The molecule has 0 fully saturated rings. The Hall–Kier alpha value is -3.41. The second-order valence-corrected chi connectivity index (χ2v) is 4.98. The number of pyridine rings is 1. The Morgan fingerprint density at radius 1 is 1.00 bits per heavy atom. The maximum Gasteiger partial charge on any atom is 0.317 e. The van der Waals surface area contributed by atoms with Crippen LogP contribution in [0.3, 0.4) is 0 Å². The number of carbonyl (C=O) groups is 1. The Morgan fingerprint density at radius 3 is 2.50 bits per heavy atom. The zero-order valence-electron chi connectivity index (χ0n) is 12.6. The third-order valence-corrected chi connectivity index (χ3v) is 3.18. The number of benzene rings is 2. The van der Waals surface area contributed by atoms with E-state index in [1.54, 1.807) is 36.4 Å². The summed E-state index contributed by atoms with van der Waals surface area (Å²) in [4.78, 5) is 15.2. The Labute approximate surface area is 137 Å². The van der Waals surface area contributed by atoms with E-state index >= 15 is 0 Å². The maximum atomic E-state index is 12.9. The van der Waals surface area contributed by atoms with Gasteiger partial charge in [-0.05, 0) is 48.5 Å². The average molecular weight is 323 g/mol. The standard InChI is InChI=1S/C18H14FN3O2/c19-13-7-9-14(10-8-13)24-15-4-1-3-12(11-15)16-5-2-6-17(21-16)22-18(20)23/h1-11H,(H3,20,21,22,23). The van der Waals surface area contributed by atoms with Crippen LogP contribution in [0.1, 0.15) is 0 Å². The fourth-order valence-electron chi connectivity index (χ4n) is 2.15. The molecule has 1 aromatic heterocycles. The van der Waals surface area contributed by atoms with Crippen molar-refractivity contribution in [1.29, 1.82) is 0 Å². The predicted molar refractivity (Wildman–Crippen MR) is 89.4 cm³/mol. The molecule has 3 rings (SSSR count). The number of nitrogens with one attached hydrogen (secondary N) is 1. The first-order valence-electron chi connectivity index (χ1n) is 7.17. The lowest BCUT2D eigenvalue weighted by Crippen LogP contribution is -2.19. The molecule has 3 aromatic rings. The summed E-state index contributed by atoms with van der Waals surface area (Å²) in [5.41, 5.74) is 6.56. The molecule has 0 bridgehead atoms. The van der Waals surface area contributed by atoms with Crippen LogP contribution in [0.2, 0.25) is 0 Å². The number of hydrogen-bond acceptors (Lipinski definition) is 3. The number of rotatable bonds is 4. The van der Waals surface area contributed by atoms with Gasteiger partial charge in [0, 0.05) is 5.56 Å². The lowest BCUT2D eigenvalue weighted by Gasteiger charge is -2.08. The van der Waals surface area contributed by atoms with Crippen LogP contribution in [0, 0.1) is 5.82 Å². The monoisotopic (exact) mass is 323 g/mol. The number of hydrogen-bond donors (Lipinski definition) is 2. The van der Waals surface area contributed by atoms with Gasteiger partial charge in [0.25, 0.3) is 0 Å². The summed E-state index contributed by atoms with van der Waals surface area (Å²) in [5, 5.41) is 2.44. The fourth-order valence-corrected chi connectivity index (χ4v) is 2.15. The third kappa shape index (κ3) is 3.86. The molecule has 2 aromatic carbocycles. The molecule has 0 aliphatic heterocycles. The summed E-state index contributed by atoms with van der Waals surface area (Å²) in [5.74, 6) is 1.17. The van der Waals surface area contributed by atoms with E-state index in [0.717, 1.165) is 5.56 Å². The smallest absolute Gasteiger partial charge is 0.317 e. The Balaban J connectivity index is 1.85. The highest BCUT2D eigenvalue weighted by Gasteiger charge is 2.05. The average Bonchev–Trinajstić information content (AvgIpc) is 2.57. The van der Waals surface area contributed by atoms with Crippen molar-refractivity contribution in [3.05, 3.63) is 72.5 Å². The van der Waals surface area contributed by atoms with Crippen molar-refractivity contribution in [2.75, 3.05) is 5.32 Å². The van der Waals surface area contributed by atoms with Gasteiger partial charge < -0.3 is 10.5 Å². The van der Waals surface area contributed by atoms with Crippen molar-refractivity contribution < 1.29 is 13.9 Å². The molecule has 0 saturated carbocycles. The highest BCUT2D eigenvalue weighted by atomic mass is 19.1. The van der Waals surface area contributed by atoms with E-state index in [9.17, 15) is 9.18 Å². The number of nitrogens with zero attached hydrogens (tertiary/aromatic N) is 1. The Kier molecular flexibility index (Phi) is 4.38. The van der Waals surface area contributed by atoms with Crippen LogP contribution in [-0.2, 0) is 0 Å². The van der Waals surface area contributed by atoms with Gasteiger partial charge >= 0.3 is 6.03 Å². The SMILES string of the molecule is NC(=O)Nc1cccc(-c2cccc(Oc3ccc(F)cc3)c2)n1. The Bertz CT molecular complexity index is 866. The van der Waals surface area contributed by atoms with Crippen molar-refractivity contribution in [2.24, 2.45) is 5.73 Å². The van der Waals surface area contributed by atoms with E-state index in [1.807, 2.05) is 18.2 Å². The van der Waals surface area contributed by atoms with Gasteiger partial charge in [0.2, 0.25) is 0 Å². The summed E-state index contributed by atoms with van der Waals surface area (Å²) in [7, 11) is 0. The first-order chi connectivity index (χ1) is 11.6. The molecule has 5 nitrogen and oxygen atoms in total. The van der Waals surface area contributed by atoms with E-state index in [0.29, 0.717) is 23.0 Å². The van der Waals surface area contributed by atoms with E-state index < -0.39 is 6.03 Å². The summed E-state index contributed by atoms with van der Waals surface area (Å²) in [6, 6.07) is 17.6. The van der Waals surface area contributed by atoms with Crippen LogP contribution in [0.25, 0.3) is 11.3 Å². The first-order valence-corrected chi connectivity index (χ1v) is 7.17. The highest BCUT2D eigenvalue weighted by Crippen LogP contribution is 2.27. The molecular formula is C18H14FN3O2. The molecule has 3 N–H and O–H groups in total. The molecule has 0 spiro atoms. The molecule has 0 unspecified atom stereocenters. The van der Waals surface area contributed by atoms with E-state index in [1.165, 1.54) is 12.1 Å². The van der Waals surface area contributed by atoms with Crippen LogP contribution in [0.15, 0.2) is 66.7 Å². The van der Waals surface area contributed by atoms with Gasteiger partial charge in [-0.25, -0.2) is 14.2 Å². The maximum absolute atomic E-state index is 12.9. The molecule has 2 amide bonds. The van der Waals surface area contributed by atoms with Crippen molar-refractivity contribution in [3.8, 4) is 22.8 Å². The van der Waals surface area contributed by atoms with Gasteiger partial charge in [-0.1, -0.05) is 18.2 Å². The minimum atomic E-state index is -0.673. The van der Waals surface area contributed by atoms with Gasteiger partial charge in [0.05, 0.1) is 5.69 Å². The third-order valence-electron chi connectivity index (χ3n) is 3.18. The number of primary amides is 1. The molecule has 0 atom stereocenters. The van der Waals surface area contributed by atoms with Gasteiger partial charge in [0.15, 0.2) is 0 Å². The number of anilines is 1. The van der Waals surface area contributed by atoms with E-state index in [-0.39, 0.29) is 5.82 Å². The Morgan fingerprint density at radius 2 is 1.75 bits per heavy atom. The quantitative estimate of drug-likeness (QED) is 0.756. The number of halogens is 1. The molecular weight excluding hydrogens is 309 g/mol. The van der Waals surface area contributed by atoms with Crippen LogP contribution in [-0.4, -0.2) is 11.0 Å². The number of ether oxygens (including phenoxy) is 1. The lowest BCUT2D eigenvalue weighted by atomic mass is 10.1. The van der Waals surface area contributed by atoms with E-state index in [2.05, 4.69) is 10.3 Å². The second-order valence-electron chi connectivity index (χ2n) is 4.98. The van der Waals surface area contributed by atoms with Crippen LogP contribution >= 0.6 is 0 Å². The lowest BCUT2D eigenvalue weighted by molar-refractivity contribution is 0.259. The summed E-state index contributed by atoms with van der Waals surface area (Å²) < 4.78 is 18.6. The molecule has 120 valence electrons. The highest BCUT2D eigenvalue weighted by molar-refractivity contribution is 5.87. The van der Waals surface area contributed by atoms with Crippen molar-refractivity contribution in [1.82, 2.24) is 4.98 Å². The zero-order chi connectivity index (χ0) is 16.9. The van der Waals surface area contributed by atoms with Crippen LogP contribution in [0.4, 0.5) is 15.0 Å². The molecule has 6 heteroatoms. The summed E-state index contributed by atoms with van der Waals surface area (Å²) in [6.07, 6.45) is 0. The van der Waals surface area contributed by atoms with Gasteiger partial charge in [-0.15, -0.1) is 0 Å². The first kappa shape index (κ1) is 15.5. The molecule has 0 aliphatic rings. The van der Waals surface area contributed by atoms with E-state index in [4.69, 9.17) is 10.5 Å². The largest absolute Gasteiger partial charge is 0.457 e. The van der Waals surface area contributed by atoms with Crippen LogP contribution < -0.4 is 15.8 Å². The molecule has 0 aliphatic carbocycles. The van der Waals surface area contributed by atoms with Gasteiger partial charge in [-0.3, -0.25) is 5.32 Å². The molecule has 24 heavy (non-hydrogen) atoms. The summed E-state index contributed by atoms with van der Waals surface area (Å²) in [6.45, 7) is 0. The molecule has 1 heterocycles. The zero-order valence-corrected chi connectivity index (χ0v) is 12.6. The molecule has 0 radical (unpaired) electrons.